The number of pyridine rings is 2. The maximum atomic E-state index is 5.92. The summed E-state index contributed by atoms with van der Waals surface area (Å²) in [6, 6.07) is 17.8. The fourth-order valence-corrected chi connectivity index (χ4v) is 5.30. The van der Waals surface area contributed by atoms with Crippen molar-refractivity contribution in [2.24, 2.45) is 0 Å². The van der Waals surface area contributed by atoms with Gasteiger partial charge >= 0.3 is 0 Å². The number of ether oxygens (including phenoxy) is 2. The van der Waals surface area contributed by atoms with E-state index in [0.717, 1.165) is 29.2 Å². The van der Waals surface area contributed by atoms with Gasteiger partial charge in [-0.15, -0.1) is 0 Å². The lowest BCUT2D eigenvalue weighted by Crippen LogP contribution is -2.30. The first-order valence-electron chi connectivity index (χ1n) is 11.8. The summed E-state index contributed by atoms with van der Waals surface area (Å²) in [4.78, 5) is 11.1. The van der Waals surface area contributed by atoms with Gasteiger partial charge < -0.3 is 24.3 Å². The molecule has 5 rings (SSSR count). The molecule has 0 aliphatic carbocycles. The second-order valence-corrected chi connectivity index (χ2v) is 9.19. The van der Waals surface area contributed by atoms with Crippen molar-refractivity contribution in [2.75, 3.05) is 19.1 Å². The fourth-order valence-electron chi connectivity index (χ4n) is 4.96. The summed E-state index contributed by atoms with van der Waals surface area (Å²) in [5.74, 6) is 1.41. The number of anilines is 1. The monoisotopic (exact) mass is 499 g/mol. The highest BCUT2D eigenvalue weighted by atomic mass is 32.1. The number of benzene rings is 1. The number of hydrogen-bond acceptors (Lipinski definition) is 5. The number of aromatic nitrogens is 3. The summed E-state index contributed by atoms with van der Waals surface area (Å²) < 4.78 is 13.5. The van der Waals surface area contributed by atoms with E-state index in [1.807, 2.05) is 54.9 Å². The van der Waals surface area contributed by atoms with Crippen LogP contribution >= 0.6 is 12.2 Å². The molecular formula is C28H29N5O2S. The summed E-state index contributed by atoms with van der Waals surface area (Å²) >= 11 is 5.92. The lowest BCUT2D eigenvalue weighted by Gasteiger charge is -2.29. The lowest BCUT2D eigenvalue weighted by molar-refractivity contribution is 0.394. The molecule has 0 bridgehead atoms. The van der Waals surface area contributed by atoms with Crippen LogP contribution in [0.5, 0.6) is 11.5 Å². The van der Waals surface area contributed by atoms with Gasteiger partial charge in [-0.3, -0.25) is 9.97 Å². The van der Waals surface area contributed by atoms with Crippen LogP contribution in [0.1, 0.15) is 40.3 Å². The van der Waals surface area contributed by atoms with Crippen LogP contribution in [0, 0.1) is 13.8 Å². The van der Waals surface area contributed by atoms with Crippen LogP contribution in [0.25, 0.3) is 0 Å². The molecule has 4 aromatic rings. The molecule has 8 heteroatoms. The van der Waals surface area contributed by atoms with Gasteiger partial charge in [-0.1, -0.05) is 12.1 Å². The molecule has 1 aliphatic heterocycles. The highest BCUT2D eigenvalue weighted by Crippen LogP contribution is 2.46. The molecule has 7 nitrogen and oxygen atoms in total. The maximum absolute atomic E-state index is 5.92. The third kappa shape index (κ3) is 4.28. The Labute approximate surface area is 216 Å². The Hall–Kier alpha value is -3.91. The topological polar surface area (TPSA) is 64.4 Å². The molecule has 3 aromatic heterocycles. The molecule has 4 heterocycles. The van der Waals surface area contributed by atoms with E-state index in [1.54, 1.807) is 20.4 Å². The molecule has 0 saturated carbocycles. The van der Waals surface area contributed by atoms with E-state index < -0.39 is 0 Å². The van der Waals surface area contributed by atoms with E-state index >= 15 is 0 Å². The highest BCUT2D eigenvalue weighted by Gasteiger charge is 2.43. The maximum Gasteiger partial charge on any atom is 0.174 e. The first-order valence-corrected chi connectivity index (χ1v) is 12.2. The quantitative estimate of drug-likeness (QED) is 0.353. The smallest absolute Gasteiger partial charge is 0.174 e. The molecule has 1 fully saturated rings. The molecule has 0 spiro atoms. The number of aryl methyl sites for hydroxylation is 1. The van der Waals surface area contributed by atoms with E-state index in [2.05, 4.69) is 50.7 Å². The summed E-state index contributed by atoms with van der Waals surface area (Å²) in [6.07, 6.45) is 5.53. The van der Waals surface area contributed by atoms with Crippen molar-refractivity contribution >= 4 is 23.0 Å². The van der Waals surface area contributed by atoms with Crippen molar-refractivity contribution in [2.45, 2.75) is 32.5 Å². The van der Waals surface area contributed by atoms with Gasteiger partial charge in [0.05, 0.1) is 37.7 Å². The van der Waals surface area contributed by atoms with Crippen LogP contribution in [0.15, 0.2) is 73.2 Å². The van der Waals surface area contributed by atoms with Gasteiger partial charge in [0.25, 0.3) is 0 Å². The lowest BCUT2D eigenvalue weighted by atomic mass is 9.96. The number of methoxy groups -OCH3 is 2. The van der Waals surface area contributed by atoms with E-state index in [9.17, 15) is 0 Å². The molecule has 1 aliphatic rings. The van der Waals surface area contributed by atoms with Gasteiger partial charge in [-0.05, 0) is 73.6 Å². The van der Waals surface area contributed by atoms with E-state index in [4.69, 9.17) is 21.7 Å². The Bertz CT molecular complexity index is 1370. The van der Waals surface area contributed by atoms with Gasteiger partial charge in [0.2, 0.25) is 0 Å². The molecule has 1 N–H and O–H groups in total. The zero-order valence-electron chi connectivity index (χ0n) is 20.8. The summed E-state index contributed by atoms with van der Waals surface area (Å²) in [6.45, 7) is 5.05. The van der Waals surface area contributed by atoms with Crippen molar-refractivity contribution in [3.05, 3.63) is 101 Å². The predicted molar refractivity (Wildman–Crippen MR) is 145 cm³/mol. The third-order valence-electron chi connectivity index (χ3n) is 6.74. The van der Waals surface area contributed by atoms with E-state index in [-0.39, 0.29) is 12.1 Å². The van der Waals surface area contributed by atoms with Crippen molar-refractivity contribution in [1.29, 1.82) is 0 Å². The number of hydrogen-bond donors (Lipinski definition) is 1. The van der Waals surface area contributed by atoms with Gasteiger partial charge in [0.15, 0.2) is 5.11 Å². The normalized spacial score (nSPS) is 17.2. The van der Waals surface area contributed by atoms with Crippen LogP contribution in [-0.4, -0.2) is 33.9 Å². The first-order chi connectivity index (χ1) is 17.5. The SMILES string of the molecule is COc1ccc(N2C(=S)NC(c3ccccn3)C2c2cc(C)n(Cc3cccnc3)c2C)c(OC)c1. The molecule has 2 atom stereocenters. The Kier molecular flexibility index (Phi) is 6.61. The minimum absolute atomic E-state index is 0.136. The largest absolute Gasteiger partial charge is 0.497 e. The Balaban J connectivity index is 1.65. The highest BCUT2D eigenvalue weighted by molar-refractivity contribution is 7.80. The molecule has 2 unspecified atom stereocenters. The minimum Gasteiger partial charge on any atom is -0.497 e. The molecule has 1 saturated heterocycles. The second kappa shape index (κ2) is 9.99. The Morgan fingerprint density at radius 2 is 1.86 bits per heavy atom. The predicted octanol–water partition coefficient (Wildman–Crippen LogP) is 5.14. The minimum atomic E-state index is -0.141. The first kappa shape index (κ1) is 23.8. The fraction of sp³-hybridized carbons (Fsp3) is 0.250. The zero-order valence-corrected chi connectivity index (χ0v) is 21.6. The molecule has 0 amide bonds. The van der Waals surface area contributed by atoms with E-state index in [1.165, 1.54) is 17.0 Å². The Morgan fingerprint density at radius 3 is 2.56 bits per heavy atom. The van der Waals surface area contributed by atoms with Crippen molar-refractivity contribution in [3.63, 3.8) is 0 Å². The molecule has 36 heavy (non-hydrogen) atoms. The zero-order chi connectivity index (χ0) is 25.2. The van der Waals surface area contributed by atoms with Gasteiger partial charge in [-0.25, -0.2) is 0 Å². The summed E-state index contributed by atoms with van der Waals surface area (Å²) in [5.41, 5.74) is 6.48. The van der Waals surface area contributed by atoms with Gasteiger partial charge in [0, 0.05) is 42.6 Å². The number of nitrogens with zero attached hydrogens (tertiary/aromatic N) is 4. The Morgan fingerprint density at radius 1 is 1.00 bits per heavy atom. The van der Waals surface area contributed by atoms with E-state index in [0.29, 0.717) is 10.9 Å². The van der Waals surface area contributed by atoms with Gasteiger partial charge in [-0.2, -0.15) is 0 Å². The van der Waals surface area contributed by atoms with Crippen LogP contribution in [0.2, 0.25) is 0 Å². The number of rotatable bonds is 7. The molecule has 1 aromatic carbocycles. The van der Waals surface area contributed by atoms with Crippen LogP contribution in [0.3, 0.4) is 0 Å². The average Bonchev–Trinajstić information content (AvgIpc) is 3.40. The third-order valence-corrected chi connectivity index (χ3v) is 7.05. The van der Waals surface area contributed by atoms with Crippen LogP contribution < -0.4 is 19.7 Å². The molecule has 184 valence electrons. The average molecular weight is 500 g/mol. The summed E-state index contributed by atoms with van der Waals surface area (Å²) in [5, 5.41) is 4.16. The van der Waals surface area contributed by atoms with Crippen molar-refractivity contribution in [1.82, 2.24) is 19.9 Å². The van der Waals surface area contributed by atoms with Crippen LogP contribution in [0.4, 0.5) is 5.69 Å². The number of nitrogens with one attached hydrogen (secondary N) is 1. The second-order valence-electron chi connectivity index (χ2n) is 8.81. The molecular weight excluding hydrogens is 470 g/mol. The van der Waals surface area contributed by atoms with Crippen molar-refractivity contribution < 1.29 is 9.47 Å². The standard InChI is InChI=1S/C28H29N5O2S/c1-18-14-22(19(2)32(18)17-20-8-7-12-29-16-20)27-26(23-9-5-6-13-30-23)31-28(36)33(27)24-11-10-21(34-3)15-25(24)35-4/h5-16,26-27H,17H2,1-4H3,(H,31,36). The number of thiocarbonyl (C=S) groups is 1. The summed E-state index contributed by atoms with van der Waals surface area (Å²) in [7, 11) is 3.31. The van der Waals surface area contributed by atoms with Gasteiger partial charge in [0.1, 0.15) is 11.5 Å². The molecule has 0 radical (unpaired) electrons. The van der Waals surface area contributed by atoms with Crippen LogP contribution in [-0.2, 0) is 6.54 Å². The van der Waals surface area contributed by atoms with Crippen molar-refractivity contribution in [3.8, 4) is 11.5 Å².